The molecule has 0 aliphatic carbocycles. The molecule has 0 bridgehead atoms. The van der Waals surface area contributed by atoms with Gasteiger partial charge in [-0.3, -0.25) is 19.2 Å². The zero-order valence-electron chi connectivity index (χ0n) is 17.2. The Balaban J connectivity index is 5.27. The molecule has 0 aromatic rings. The Morgan fingerprint density at radius 3 is 1.97 bits per heavy atom. The number of nitrogens with two attached hydrogens (primary N) is 3. The molecule has 31 heavy (non-hydrogen) atoms. The summed E-state index contributed by atoms with van der Waals surface area (Å²) < 4.78 is 0. The summed E-state index contributed by atoms with van der Waals surface area (Å²) in [5.41, 5.74) is 16.2. The van der Waals surface area contributed by atoms with Crippen molar-refractivity contribution in [3.8, 4) is 0 Å². The molecule has 0 spiro atoms. The van der Waals surface area contributed by atoms with Gasteiger partial charge in [0, 0.05) is 0 Å². The topological polar surface area (TPSA) is 260 Å². The number of hydrogen-bond donors (Lipinski definition) is 9. The van der Waals surface area contributed by atoms with Gasteiger partial charge in [0.25, 0.3) is 0 Å². The maximum absolute atomic E-state index is 12.6. The fourth-order valence-corrected chi connectivity index (χ4v) is 2.43. The fourth-order valence-electron chi connectivity index (χ4n) is 2.43. The van der Waals surface area contributed by atoms with Crippen LogP contribution in [-0.4, -0.2) is 88.3 Å². The first-order chi connectivity index (χ1) is 14.4. The van der Waals surface area contributed by atoms with Crippen molar-refractivity contribution in [2.45, 2.75) is 62.9 Å². The van der Waals surface area contributed by atoms with Gasteiger partial charge in [-0.15, -0.1) is 0 Å². The minimum Gasteiger partial charge on any atom is -0.480 e. The second-order valence-corrected chi connectivity index (χ2v) is 6.93. The maximum atomic E-state index is 12.6. The van der Waals surface area contributed by atoms with Gasteiger partial charge < -0.3 is 48.5 Å². The molecule has 0 saturated heterocycles. The Morgan fingerprint density at radius 2 is 1.52 bits per heavy atom. The van der Waals surface area contributed by atoms with Crippen molar-refractivity contribution in [1.29, 1.82) is 0 Å². The summed E-state index contributed by atoms with van der Waals surface area (Å²) in [7, 11) is 0. The van der Waals surface area contributed by atoms with Crippen LogP contribution in [0.1, 0.15) is 32.6 Å². The number of carboxylic acids is 1. The first kappa shape index (κ1) is 28.2. The predicted octanol–water partition coefficient (Wildman–Crippen LogP) is -4.77. The lowest BCUT2D eigenvalue weighted by molar-refractivity contribution is -0.144. The summed E-state index contributed by atoms with van der Waals surface area (Å²) in [4.78, 5) is 59.3. The second-order valence-electron chi connectivity index (χ2n) is 6.93. The highest BCUT2D eigenvalue weighted by Crippen LogP contribution is 2.02. The Morgan fingerprint density at radius 1 is 0.935 bits per heavy atom. The highest BCUT2D eigenvalue weighted by Gasteiger charge is 2.33. The maximum Gasteiger partial charge on any atom is 0.328 e. The number of carbonyl (C=O) groups excluding carboxylic acids is 4. The van der Waals surface area contributed by atoms with Crippen molar-refractivity contribution in [3.05, 3.63) is 0 Å². The van der Waals surface area contributed by atoms with E-state index < -0.39 is 72.9 Å². The third-order valence-electron chi connectivity index (χ3n) is 4.20. The summed E-state index contributed by atoms with van der Waals surface area (Å²) in [6.07, 6.45) is -0.610. The van der Waals surface area contributed by atoms with Crippen LogP contribution in [0.2, 0.25) is 0 Å². The summed E-state index contributed by atoms with van der Waals surface area (Å²) >= 11 is 0. The Bertz CT molecular complexity index is 644. The first-order valence-electron chi connectivity index (χ1n) is 9.61. The van der Waals surface area contributed by atoms with Gasteiger partial charge in [0.15, 0.2) is 0 Å². The van der Waals surface area contributed by atoms with Crippen molar-refractivity contribution >= 4 is 29.6 Å². The molecule has 0 rings (SSSR count). The van der Waals surface area contributed by atoms with Crippen LogP contribution in [-0.2, 0) is 24.0 Å². The minimum absolute atomic E-state index is 0.282. The van der Waals surface area contributed by atoms with E-state index in [9.17, 15) is 29.1 Å². The fraction of sp³-hybridized carbons (Fsp3) is 0.706. The number of unbranched alkanes of at least 4 members (excludes halogenated alkanes) is 1. The molecule has 0 saturated carbocycles. The van der Waals surface area contributed by atoms with Crippen LogP contribution in [0, 0.1) is 0 Å². The summed E-state index contributed by atoms with van der Waals surface area (Å²) in [6.45, 7) is 0.640. The van der Waals surface area contributed by atoms with E-state index in [-0.39, 0.29) is 6.42 Å². The molecule has 5 atom stereocenters. The van der Waals surface area contributed by atoms with Crippen molar-refractivity contribution in [2.75, 3.05) is 13.2 Å². The lowest BCUT2D eigenvalue weighted by Crippen LogP contribution is -2.60. The number of aliphatic carboxylic acids is 1. The molecule has 5 unspecified atom stereocenters. The molecular formula is C17H32N6O8. The number of aliphatic hydroxyl groups is 2. The monoisotopic (exact) mass is 448 g/mol. The van der Waals surface area contributed by atoms with Crippen LogP contribution in [0.25, 0.3) is 0 Å². The predicted molar refractivity (Wildman–Crippen MR) is 107 cm³/mol. The van der Waals surface area contributed by atoms with E-state index in [1.165, 1.54) is 0 Å². The molecule has 0 aromatic carbocycles. The largest absolute Gasteiger partial charge is 0.480 e. The minimum atomic E-state index is -1.67. The van der Waals surface area contributed by atoms with E-state index >= 15 is 0 Å². The van der Waals surface area contributed by atoms with Gasteiger partial charge in [0.1, 0.15) is 18.1 Å². The van der Waals surface area contributed by atoms with Crippen LogP contribution >= 0.6 is 0 Å². The average Bonchev–Trinajstić information content (AvgIpc) is 2.68. The molecule has 0 aromatic heterocycles. The summed E-state index contributed by atoms with van der Waals surface area (Å²) in [5.74, 6) is -5.33. The molecule has 0 aliphatic rings. The third-order valence-corrected chi connectivity index (χ3v) is 4.20. The van der Waals surface area contributed by atoms with Crippen LogP contribution in [0.15, 0.2) is 0 Å². The molecular weight excluding hydrogens is 416 g/mol. The van der Waals surface area contributed by atoms with Crippen molar-refractivity contribution in [1.82, 2.24) is 16.0 Å². The number of carbonyl (C=O) groups is 5. The van der Waals surface area contributed by atoms with Gasteiger partial charge >= 0.3 is 5.97 Å². The number of hydrogen-bond acceptors (Lipinski definition) is 9. The number of primary amides is 1. The Kier molecular flexibility index (Phi) is 12.9. The van der Waals surface area contributed by atoms with Gasteiger partial charge in [-0.1, -0.05) is 6.42 Å². The van der Waals surface area contributed by atoms with Crippen molar-refractivity contribution < 1.29 is 39.3 Å². The summed E-state index contributed by atoms with van der Waals surface area (Å²) in [6, 6.07) is -5.79. The molecule has 0 aliphatic heterocycles. The van der Waals surface area contributed by atoms with Crippen molar-refractivity contribution in [2.24, 2.45) is 17.2 Å². The zero-order chi connectivity index (χ0) is 24.1. The molecule has 0 heterocycles. The first-order valence-corrected chi connectivity index (χ1v) is 9.61. The number of rotatable bonds is 15. The summed E-state index contributed by atoms with van der Waals surface area (Å²) in [5, 5.41) is 34.1. The average molecular weight is 448 g/mol. The number of aliphatic hydroxyl groups excluding tert-OH is 2. The van der Waals surface area contributed by atoms with Gasteiger partial charge in [0.2, 0.25) is 23.6 Å². The zero-order valence-corrected chi connectivity index (χ0v) is 17.2. The number of amides is 4. The van der Waals surface area contributed by atoms with Gasteiger partial charge in [-0.25, -0.2) is 4.79 Å². The molecule has 178 valence electrons. The van der Waals surface area contributed by atoms with E-state index in [0.29, 0.717) is 19.4 Å². The van der Waals surface area contributed by atoms with Gasteiger partial charge in [-0.05, 0) is 26.3 Å². The normalized spacial score (nSPS) is 15.6. The smallest absolute Gasteiger partial charge is 0.328 e. The molecule has 12 N–H and O–H groups in total. The Hall–Kier alpha value is -2.81. The molecule has 0 fully saturated rings. The van der Waals surface area contributed by atoms with Crippen LogP contribution in [0.4, 0.5) is 0 Å². The van der Waals surface area contributed by atoms with E-state index in [1.54, 1.807) is 0 Å². The molecule has 14 heteroatoms. The van der Waals surface area contributed by atoms with Crippen molar-refractivity contribution in [3.63, 3.8) is 0 Å². The quantitative estimate of drug-likeness (QED) is 0.108. The lowest BCUT2D eigenvalue weighted by atomic mass is 10.1. The number of carboxylic acid groups (broad SMARTS) is 1. The SMILES string of the molecule is CC(O)C(NC(=O)C(CC(N)=O)NC(=O)C(N)CCCCN)C(=O)NC(CO)C(=O)O. The Labute approximate surface area is 178 Å². The lowest BCUT2D eigenvalue weighted by Gasteiger charge is -2.25. The highest BCUT2D eigenvalue weighted by atomic mass is 16.4. The van der Waals surface area contributed by atoms with Gasteiger partial charge in [-0.2, -0.15) is 0 Å². The van der Waals surface area contributed by atoms with Crippen LogP contribution in [0.3, 0.4) is 0 Å². The van der Waals surface area contributed by atoms with Gasteiger partial charge in [0.05, 0.1) is 25.2 Å². The second kappa shape index (κ2) is 14.2. The van der Waals surface area contributed by atoms with E-state index in [1.807, 2.05) is 5.32 Å². The molecule has 4 amide bonds. The van der Waals surface area contributed by atoms with Crippen LogP contribution in [0.5, 0.6) is 0 Å². The standard InChI is InChI=1S/C17H32N6O8/c1-8(25)13(16(29)22-11(7-24)17(30)31)23-15(28)10(6-12(20)26)21-14(27)9(19)4-2-3-5-18/h8-11,13,24-25H,2-7,18-19H2,1H3,(H2,20,26)(H,21,27)(H,22,29)(H,23,28)(H,30,31). The van der Waals surface area contributed by atoms with E-state index in [4.69, 9.17) is 27.4 Å². The van der Waals surface area contributed by atoms with E-state index in [0.717, 1.165) is 6.92 Å². The van der Waals surface area contributed by atoms with E-state index in [2.05, 4.69) is 10.6 Å². The highest BCUT2D eigenvalue weighted by molar-refractivity contribution is 5.96. The number of nitrogens with one attached hydrogen (secondary N) is 3. The third kappa shape index (κ3) is 10.7. The molecule has 0 radical (unpaired) electrons. The molecule has 14 nitrogen and oxygen atoms in total. The van der Waals surface area contributed by atoms with Crippen LogP contribution < -0.4 is 33.2 Å².